The van der Waals surface area contributed by atoms with Gasteiger partial charge in [0.05, 0.1) is 11.0 Å². The van der Waals surface area contributed by atoms with Crippen molar-refractivity contribution < 1.29 is 9.32 Å². The Morgan fingerprint density at radius 2 is 1.85 bits per heavy atom. The highest BCUT2D eigenvalue weighted by Gasteiger charge is 2.23. The molecule has 0 fully saturated rings. The number of amides is 2. The summed E-state index contributed by atoms with van der Waals surface area (Å²) in [5, 5.41) is 9.48. The first-order valence-electron chi connectivity index (χ1n) is 8.59. The van der Waals surface area contributed by atoms with E-state index < -0.39 is 6.04 Å². The lowest BCUT2D eigenvalue weighted by Crippen LogP contribution is -2.34. The van der Waals surface area contributed by atoms with E-state index in [9.17, 15) is 4.79 Å². The van der Waals surface area contributed by atoms with E-state index in [1.54, 1.807) is 13.0 Å². The molecule has 2 N–H and O–H groups in total. The van der Waals surface area contributed by atoms with E-state index in [0.717, 1.165) is 22.4 Å². The minimum atomic E-state index is -0.420. The molecule has 2 aromatic carbocycles. The van der Waals surface area contributed by atoms with Crippen molar-refractivity contribution in [1.29, 1.82) is 0 Å². The van der Waals surface area contributed by atoms with Crippen LogP contribution in [0.15, 0.2) is 65.2 Å². The number of anilines is 1. The number of hydrogen-bond acceptors (Lipinski definition) is 4. The minimum Gasteiger partial charge on any atom is -0.360 e. The Kier molecular flexibility index (Phi) is 4.33. The molecule has 1 unspecified atom stereocenters. The summed E-state index contributed by atoms with van der Waals surface area (Å²) in [6, 6.07) is 18.5. The second kappa shape index (κ2) is 6.95. The fourth-order valence-electron chi connectivity index (χ4n) is 3.07. The van der Waals surface area contributed by atoms with Gasteiger partial charge in [0, 0.05) is 13.1 Å². The number of carbonyl (C=O) groups excluding carboxylic acids is 1. The number of carbonyl (C=O) groups is 1. The molecular weight excluding hydrogens is 342 g/mol. The summed E-state index contributed by atoms with van der Waals surface area (Å²) in [6.07, 6.45) is 0. The van der Waals surface area contributed by atoms with Crippen LogP contribution in [0.3, 0.4) is 0 Å². The van der Waals surface area contributed by atoms with Gasteiger partial charge in [0.1, 0.15) is 17.6 Å². The van der Waals surface area contributed by atoms with Crippen molar-refractivity contribution in [3.63, 3.8) is 0 Å². The lowest BCUT2D eigenvalue weighted by Gasteiger charge is -2.19. The smallest absolute Gasteiger partial charge is 0.321 e. The van der Waals surface area contributed by atoms with Gasteiger partial charge in [-0.2, -0.15) is 0 Å². The van der Waals surface area contributed by atoms with Crippen LogP contribution in [0.2, 0.25) is 0 Å². The molecule has 0 spiro atoms. The monoisotopic (exact) mass is 361 g/mol. The molecule has 2 aromatic heterocycles. The van der Waals surface area contributed by atoms with Gasteiger partial charge in [-0.15, -0.1) is 0 Å². The molecule has 7 nitrogen and oxygen atoms in total. The number of nitrogens with zero attached hydrogens (tertiary/aromatic N) is 3. The van der Waals surface area contributed by atoms with Gasteiger partial charge in [-0.25, -0.2) is 9.78 Å². The van der Waals surface area contributed by atoms with Crippen molar-refractivity contribution in [2.45, 2.75) is 13.0 Å². The number of para-hydroxylation sites is 2. The fraction of sp³-hybridized carbons (Fsp3) is 0.150. The summed E-state index contributed by atoms with van der Waals surface area (Å²) in [7, 11) is 1.95. The van der Waals surface area contributed by atoms with Gasteiger partial charge in [-0.1, -0.05) is 47.6 Å². The minimum absolute atomic E-state index is 0.363. The molecule has 0 radical (unpaired) electrons. The van der Waals surface area contributed by atoms with Gasteiger partial charge in [-0.3, -0.25) is 5.32 Å². The third kappa shape index (κ3) is 3.39. The first-order valence-corrected chi connectivity index (χ1v) is 8.59. The molecule has 136 valence electrons. The van der Waals surface area contributed by atoms with Crippen LogP contribution in [0.25, 0.3) is 11.0 Å². The topological polar surface area (TPSA) is 85.0 Å². The van der Waals surface area contributed by atoms with Crippen molar-refractivity contribution in [2.24, 2.45) is 7.05 Å². The van der Waals surface area contributed by atoms with Crippen LogP contribution in [-0.4, -0.2) is 20.7 Å². The average Bonchev–Trinajstić information content (AvgIpc) is 3.24. The second-order valence-electron chi connectivity index (χ2n) is 6.28. The Hall–Kier alpha value is -3.61. The van der Waals surface area contributed by atoms with Crippen molar-refractivity contribution in [1.82, 2.24) is 20.0 Å². The number of rotatable bonds is 4. The summed E-state index contributed by atoms with van der Waals surface area (Å²) in [5.41, 5.74) is 2.82. The van der Waals surface area contributed by atoms with Gasteiger partial charge >= 0.3 is 6.03 Å². The maximum atomic E-state index is 12.6. The van der Waals surface area contributed by atoms with Crippen molar-refractivity contribution in [2.75, 3.05) is 5.32 Å². The van der Waals surface area contributed by atoms with Crippen LogP contribution in [0.4, 0.5) is 10.6 Å². The highest BCUT2D eigenvalue weighted by molar-refractivity contribution is 5.88. The number of fused-ring (bicyclic) bond motifs is 1. The summed E-state index contributed by atoms with van der Waals surface area (Å²) in [4.78, 5) is 17.3. The van der Waals surface area contributed by atoms with E-state index in [2.05, 4.69) is 15.8 Å². The lowest BCUT2D eigenvalue weighted by atomic mass is 10.1. The van der Waals surface area contributed by atoms with E-state index in [1.165, 1.54) is 0 Å². The third-order valence-corrected chi connectivity index (χ3v) is 4.36. The number of aromatic nitrogens is 3. The standard InChI is InChI=1S/C20H19N5O2/c1-13-12-17(24-27-13)22-20(26)23-18(14-8-4-3-5-9-14)19-21-15-10-6-7-11-16(15)25(19)2/h3-12,18H,1-2H3,(H2,22,23,24,26). The van der Waals surface area contributed by atoms with Crippen LogP contribution < -0.4 is 10.6 Å². The Labute approximate surface area is 156 Å². The number of nitrogens with one attached hydrogen (secondary N) is 2. The van der Waals surface area contributed by atoms with Crippen LogP contribution >= 0.6 is 0 Å². The molecule has 1 atom stereocenters. The summed E-state index contributed by atoms with van der Waals surface area (Å²) in [5.74, 6) is 1.73. The molecule has 2 amide bonds. The molecule has 0 bridgehead atoms. The van der Waals surface area contributed by atoms with E-state index in [1.807, 2.05) is 66.2 Å². The molecule has 0 saturated heterocycles. The second-order valence-corrected chi connectivity index (χ2v) is 6.28. The summed E-state index contributed by atoms with van der Waals surface area (Å²) < 4.78 is 6.98. The highest BCUT2D eigenvalue weighted by atomic mass is 16.5. The molecule has 7 heteroatoms. The molecule has 0 saturated carbocycles. The van der Waals surface area contributed by atoms with Gasteiger partial charge in [-0.05, 0) is 24.6 Å². The number of imidazole rings is 1. The van der Waals surface area contributed by atoms with E-state index >= 15 is 0 Å². The maximum Gasteiger partial charge on any atom is 0.321 e. The van der Waals surface area contributed by atoms with Crippen molar-refractivity contribution in [3.05, 3.63) is 77.8 Å². The highest BCUT2D eigenvalue weighted by Crippen LogP contribution is 2.25. The Morgan fingerprint density at radius 3 is 2.56 bits per heavy atom. The van der Waals surface area contributed by atoms with Gasteiger partial charge in [0.2, 0.25) is 0 Å². The van der Waals surface area contributed by atoms with Crippen LogP contribution in [0.1, 0.15) is 23.2 Å². The Bertz CT molecular complexity index is 1080. The molecule has 2 heterocycles. The van der Waals surface area contributed by atoms with Crippen LogP contribution in [0.5, 0.6) is 0 Å². The largest absolute Gasteiger partial charge is 0.360 e. The first kappa shape index (κ1) is 16.8. The van der Waals surface area contributed by atoms with Gasteiger partial charge < -0.3 is 14.4 Å². The predicted molar refractivity (Wildman–Crippen MR) is 102 cm³/mol. The van der Waals surface area contributed by atoms with E-state index in [4.69, 9.17) is 9.51 Å². The molecule has 4 rings (SSSR count). The summed E-state index contributed by atoms with van der Waals surface area (Å²) >= 11 is 0. The molecule has 0 aliphatic carbocycles. The lowest BCUT2D eigenvalue weighted by molar-refractivity contribution is 0.249. The Balaban J connectivity index is 1.69. The van der Waals surface area contributed by atoms with Crippen molar-refractivity contribution in [3.8, 4) is 0 Å². The number of aryl methyl sites for hydroxylation is 2. The SMILES string of the molecule is Cc1cc(NC(=O)NC(c2ccccc2)c2nc3ccccc3n2C)no1. The first-order chi connectivity index (χ1) is 13.1. The molecular formula is C20H19N5O2. The van der Waals surface area contributed by atoms with E-state index in [0.29, 0.717) is 11.6 Å². The van der Waals surface area contributed by atoms with Crippen LogP contribution in [-0.2, 0) is 7.05 Å². The normalized spacial score (nSPS) is 12.1. The van der Waals surface area contributed by atoms with Gasteiger partial charge in [0.25, 0.3) is 0 Å². The maximum absolute atomic E-state index is 12.6. The zero-order chi connectivity index (χ0) is 18.8. The number of urea groups is 1. The average molecular weight is 361 g/mol. The predicted octanol–water partition coefficient (Wildman–Crippen LogP) is 3.78. The molecule has 27 heavy (non-hydrogen) atoms. The summed E-state index contributed by atoms with van der Waals surface area (Å²) in [6.45, 7) is 1.77. The van der Waals surface area contributed by atoms with Crippen molar-refractivity contribution >= 4 is 22.9 Å². The van der Waals surface area contributed by atoms with E-state index in [-0.39, 0.29) is 6.03 Å². The number of benzene rings is 2. The Morgan fingerprint density at radius 1 is 1.11 bits per heavy atom. The third-order valence-electron chi connectivity index (χ3n) is 4.36. The fourth-order valence-corrected chi connectivity index (χ4v) is 3.07. The van der Waals surface area contributed by atoms with Gasteiger partial charge in [0.15, 0.2) is 5.82 Å². The quantitative estimate of drug-likeness (QED) is 0.579. The van der Waals surface area contributed by atoms with Crippen LogP contribution in [0, 0.1) is 6.92 Å². The molecule has 0 aliphatic rings. The molecule has 4 aromatic rings. The molecule has 0 aliphatic heterocycles. The zero-order valence-electron chi connectivity index (χ0n) is 15.0. The number of hydrogen-bond donors (Lipinski definition) is 2. The zero-order valence-corrected chi connectivity index (χ0v) is 15.0.